The van der Waals surface area contributed by atoms with Crippen LogP contribution in [0.25, 0.3) is 0 Å². The Morgan fingerprint density at radius 2 is 2.36 bits per heavy atom. The second-order valence-electron chi connectivity index (χ2n) is 1.90. The average molecular weight is 163 g/mol. The standard InChI is InChI=1S/C4H9N3O4/c5-3(4(8)9)1-2-7(11)6-10/h3,10H,1-2,5H2,(H,8,9)/b7-6-/t3-/m0/s1. The van der Waals surface area contributed by atoms with Crippen LogP contribution < -0.4 is 5.73 Å². The van der Waals surface area contributed by atoms with Gasteiger partial charge in [-0.1, -0.05) is 4.86 Å². The minimum atomic E-state index is -1.18. The van der Waals surface area contributed by atoms with Crippen molar-refractivity contribution >= 4 is 5.97 Å². The van der Waals surface area contributed by atoms with Crippen LogP contribution in [0.1, 0.15) is 6.42 Å². The number of carboxylic acids is 1. The number of rotatable bonds is 4. The van der Waals surface area contributed by atoms with Crippen LogP contribution in [-0.4, -0.2) is 33.7 Å². The summed E-state index contributed by atoms with van der Waals surface area (Å²) in [4.78, 5) is 10.0. The monoisotopic (exact) mass is 163 g/mol. The molecule has 0 heterocycles. The van der Waals surface area contributed by atoms with Crippen molar-refractivity contribution in [2.24, 2.45) is 11.0 Å². The van der Waals surface area contributed by atoms with E-state index in [1.807, 2.05) is 0 Å². The molecule has 11 heavy (non-hydrogen) atoms. The predicted octanol–water partition coefficient (Wildman–Crippen LogP) is -0.860. The molecule has 0 saturated heterocycles. The normalized spacial score (nSPS) is 14.5. The molecule has 0 aliphatic heterocycles. The molecule has 0 bridgehead atoms. The first-order chi connectivity index (χ1) is 5.07. The zero-order valence-corrected chi connectivity index (χ0v) is 5.67. The fraction of sp³-hybridized carbons (Fsp3) is 0.750. The molecule has 0 aromatic heterocycles. The zero-order valence-electron chi connectivity index (χ0n) is 5.67. The van der Waals surface area contributed by atoms with E-state index < -0.39 is 12.0 Å². The molecule has 0 amide bonds. The molecule has 0 aliphatic carbocycles. The molecule has 0 aliphatic rings. The van der Waals surface area contributed by atoms with Crippen LogP contribution in [-0.2, 0) is 4.79 Å². The lowest BCUT2D eigenvalue weighted by Crippen LogP contribution is -2.32. The van der Waals surface area contributed by atoms with Crippen molar-refractivity contribution in [1.29, 1.82) is 0 Å². The van der Waals surface area contributed by atoms with Crippen molar-refractivity contribution in [1.82, 2.24) is 0 Å². The molecule has 1 atom stereocenters. The molecule has 4 N–H and O–H groups in total. The Morgan fingerprint density at radius 1 is 1.82 bits per heavy atom. The van der Waals surface area contributed by atoms with Gasteiger partial charge in [0.15, 0.2) is 11.8 Å². The van der Waals surface area contributed by atoms with Crippen LogP contribution in [0.15, 0.2) is 5.28 Å². The molecule has 0 saturated carbocycles. The highest BCUT2D eigenvalue weighted by Gasteiger charge is 2.13. The maximum Gasteiger partial charge on any atom is 0.320 e. The second kappa shape index (κ2) is 4.45. The summed E-state index contributed by atoms with van der Waals surface area (Å²) in [6.07, 6.45) is -0.0527. The van der Waals surface area contributed by atoms with Gasteiger partial charge in [0.2, 0.25) is 0 Å². The quantitative estimate of drug-likeness (QED) is 0.283. The zero-order chi connectivity index (χ0) is 8.85. The fourth-order valence-corrected chi connectivity index (χ4v) is 0.418. The van der Waals surface area contributed by atoms with Gasteiger partial charge in [0, 0.05) is 6.42 Å². The van der Waals surface area contributed by atoms with E-state index in [2.05, 4.69) is 5.28 Å². The Hall–Kier alpha value is -1.37. The Labute approximate surface area is 62.3 Å². The average Bonchev–Trinajstić information content (AvgIpc) is 1.99. The van der Waals surface area contributed by atoms with Gasteiger partial charge in [-0.15, -0.1) is 0 Å². The maximum atomic E-state index is 10.2. The van der Waals surface area contributed by atoms with E-state index >= 15 is 0 Å². The van der Waals surface area contributed by atoms with Gasteiger partial charge in [-0.25, -0.2) is 0 Å². The highest BCUT2D eigenvalue weighted by molar-refractivity contribution is 5.72. The molecule has 7 heteroatoms. The number of hydrogen-bond donors (Lipinski definition) is 3. The van der Waals surface area contributed by atoms with Crippen LogP contribution in [0.5, 0.6) is 0 Å². The molecule has 0 fully saturated rings. The van der Waals surface area contributed by atoms with Gasteiger partial charge in [-0.2, -0.15) is 0 Å². The van der Waals surface area contributed by atoms with Gasteiger partial charge in [0.25, 0.3) is 0 Å². The summed E-state index contributed by atoms with van der Waals surface area (Å²) in [7, 11) is 0. The highest BCUT2D eigenvalue weighted by Crippen LogP contribution is 1.88. The lowest BCUT2D eigenvalue weighted by Gasteiger charge is -2.02. The molecule has 0 radical (unpaired) electrons. The summed E-state index contributed by atoms with van der Waals surface area (Å²) in [6, 6.07) is -1.09. The molecule has 0 aromatic rings. The van der Waals surface area contributed by atoms with Crippen molar-refractivity contribution in [2.45, 2.75) is 12.5 Å². The van der Waals surface area contributed by atoms with Crippen molar-refractivity contribution < 1.29 is 20.0 Å². The van der Waals surface area contributed by atoms with E-state index in [1.165, 1.54) is 0 Å². The third-order valence-corrected chi connectivity index (χ3v) is 1.05. The molecule has 0 aromatic carbocycles. The van der Waals surface area contributed by atoms with Crippen molar-refractivity contribution in [3.8, 4) is 0 Å². The van der Waals surface area contributed by atoms with Crippen molar-refractivity contribution in [3.05, 3.63) is 5.21 Å². The number of hydroxylamine groups is 1. The van der Waals surface area contributed by atoms with E-state index in [-0.39, 0.29) is 17.8 Å². The molecular weight excluding hydrogens is 154 g/mol. The Morgan fingerprint density at radius 3 is 2.73 bits per heavy atom. The summed E-state index contributed by atoms with van der Waals surface area (Å²) in [5, 5.41) is 28.5. The van der Waals surface area contributed by atoms with Gasteiger partial charge in [-0.3, -0.25) is 4.79 Å². The first-order valence-corrected chi connectivity index (χ1v) is 2.86. The number of nitrogens with two attached hydrogens (primary N) is 1. The lowest BCUT2D eigenvalue weighted by atomic mass is 10.2. The molecule has 7 nitrogen and oxygen atoms in total. The summed E-state index contributed by atoms with van der Waals surface area (Å²) < 4.78 is 0. The minimum Gasteiger partial charge on any atom is -0.597 e. The molecule has 64 valence electrons. The summed E-state index contributed by atoms with van der Waals surface area (Å²) in [5.41, 5.74) is 5.03. The van der Waals surface area contributed by atoms with Crippen LogP contribution in [0.2, 0.25) is 0 Å². The molecular formula is C4H9N3O4. The van der Waals surface area contributed by atoms with Gasteiger partial charge in [-0.05, 0) is 0 Å². The van der Waals surface area contributed by atoms with E-state index in [1.54, 1.807) is 0 Å². The number of hydrogen-bond acceptors (Lipinski definition) is 4. The predicted molar refractivity (Wildman–Crippen MR) is 32.9 cm³/mol. The Balaban J connectivity index is 3.62. The maximum absolute atomic E-state index is 10.2. The molecule has 0 unspecified atom stereocenters. The van der Waals surface area contributed by atoms with Crippen LogP contribution in [0.4, 0.5) is 0 Å². The fourth-order valence-electron chi connectivity index (χ4n) is 0.418. The SMILES string of the molecule is N[C@@H](CC/[N+]([O-])=N/O)C(=O)O. The van der Waals surface area contributed by atoms with Gasteiger partial charge < -0.3 is 21.3 Å². The third kappa shape index (κ3) is 4.09. The topological polar surface area (TPSA) is 122 Å². The summed E-state index contributed by atoms with van der Waals surface area (Å²) in [5.74, 6) is -1.18. The summed E-state index contributed by atoms with van der Waals surface area (Å²) >= 11 is 0. The first kappa shape index (κ1) is 9.63. The second-order valence-corrected chi connectivity index (χ2v) is 1.90. The third-order valence-electron chi connectivity index (χ3n) is 1.05. The van der Waals surface area contributed by atoms with E-state index in [0.717, 1.165) is 0 Å². The number of carboxylic acid groups (broad SMARTS) is 1. The van der Waals surface area contributed by atoms with Crippen LogP contribution >= 0.6 is 0 Å². The van der Waals surface area contributed by atoms with Crippen molar-refractivity contribution in [3.63, 3.8) is 0 Å². The van der Waals surface area contributed by atoms with Gasteiger partial charge in [0.1, 0.15) is 6.04 Å². The number of aliphatic carboxylic acids is 1. The first-order valence-electron chi connectivity index (χ1n) is 2.86. The Kier molecular flexibility index (Phi) is 3.89. The largest absolute Gasteiger partial charge is 0.597 e. The van der Waals surface area contributed by atoms with E-state index in [0.29, 0.717) is 0 Å². The Bertz CT molecular complexity index is 169. The summed E-state index contributed by atoms with van der Waals surface area (Å²) in [6.45, 7) is -0.232. The van der Waals surface area contributed by atoms with Crippen molar-refractivity contribution in [2.75, 3.05) is 6.54 Å². The number of nitrogens with zero attached hydrogens (tertiary/aromatic N) is 2. The van der Waals surface area contributed by atoms with Gasteiger partial charge in [0.05, 0.1) is 0 Å². The minimum absolute atomic E-state index is 0.0389. The number of carbonyl (C=O) groups is 1. The molecule has 0 rings (SSSR count). The lowest BCUT2D eigenvalue weighted by molar-refractivity contribution is -0.556. The van der Waals surface area contributed by atoms with Crippen LogP contribution in [0.3, 0.4) is 0 Å². The smallest absolute Gasteiger partial charge is 0.320 e. The highest BCUT2D eigenvalue weighted by atomic mass is 16.6. The van der Waals surface area contributed by atoms with Crippen LogP contribution in [0, 0.1) is 5.21 Å². The van der Waals surface area contributed by atoms with E-state index in [4.69, 9.17) is 16.0 Å². The van der Waals surface area contributed by atoms with Gasteiger partial charge >= 0.3 is 5.97 Å². The van der Waals surface area contributed by atoms with E-state index in [9.17, 15) is 10.0 Å². The molecule has 0 spiro atoms.